The number of benzene rings is 2. The van der Waals surface area contributed by atoms with Crippen molar-refractivity contribution < 1.29 is 32.2 Å². The molecule has 188 valence electrons. The maximum atomic E-state index is 13.7. The Labute approximate surface area is 205 Å². The minimum Gasteiger partial charge on any atom is -0.497 e. The van der Waals surface area contributed by atoms with Crippen LogP contribution in [0.5, 0.6) is 5.75 Å². The number of nitrogens with zero attached hydrogens (tertiary/aromatic N) is 3. The first kappa shape index (κ1) is 25.1. The van der Waals surface area contributed by atoms with Gasteiger partial charge in [0.2, 0.25) is 15.9 Å². The van der Waals surface area contributed by atoms with E-state index in [0.29, 0.717) is 43.3 Å². The summed E-state index contributed by atoms with van der Waals surface area (Å²) in [4.78, 5) is 29.8. The molecule has 1 amide bonds. The van der Waals surface area contributed by atoms with E-state index >= 15 is 0 Å². The number of hydrogen-bond acceptors (Lipinski definition) is 8. The summed E-state index contributed by atoms with van der Waals surface area (Å²) in [5.74, 6) is -0.453. The van der Waals surface area contributed by atoms with Gasteiger partial charge in [0, 0.05) is 25.3 Å². The molecule has 1 fully saturated rings. The van der Waals surface area contributed by atoms with Gasteiger partial charge in [-0.15, -0.1) is 0 Å². The molecule has 2 aliphatic rings. The number of para-hydroxylation sites is 1. The lowest BCUT2D eigenvalue weighted by molar-refractivity contribution is -0.145. The molecule has 0 bridgehead atoms. The Balaban J connectivity index is 1.72. The summed E-state index contributed by atoms with van der Waals surface area (Å²) < 4.78 is 44.1. The maximum absolute atomic E-state index is 13.7. The third-order valence-corrected chi connectivity index (χ3v) is 8.08. The average molecular weight is 504 g/mol. The van der Waals surface area contributed by atoms with Gasteiger partial charge < -0.3 is 19.1 Å². The number of methoxy groups -OCH3 is 2. The minimum absolute atomic E-state index is 0.0118. The van der Waals surface area contributed by atoms with Crippen LogP contribution in [0, 0.1) is 0 Å². The van der Waals surface area contributed by atoms with E-state index in [-0.39, 0.29) is 30.4 Å². The molecule has 0 aliphatic carbocycles. The van der Waals surface area contributed by atoms with Crippen LogP contribution in [0.3, 0.4) is 0 Å². The number of fused-ring (bicyclic) bond motifs is 1. The smallest absolute Gasteiger partial charge is 0.326 e. The summed E-state index contributed by atoms with van der Waals surface area (Å²) in [6, 6.07) is 11.8. The van der Waals surface area contributed by atoms with Gasteiger partial charge in [0.05, 0.1) is 45.4 Å². The zero-order valence-electron chi connectivity index (χ0n) is 19.8. The van der Waals surface area contributed by atoms with Crippen LogP contribution in [0.4, 0.5) is 5.69 Å². The molecule has 1 atom stereocenters. The average Bonchev–Trinajstić information content (AvgIpc) is 3.07. The first-order chi connectivity index (χ1) is 16.8. The number of hydrogen-bond donors (Lipinski definition) is 0. The van der Waals surface area contributed by atoms with E-state index in [0.717, 1.165) is 4.31 Å². The molecule has 0 spiro atoms. The fourth-order valence-electron chi connectivity index (χ4n) is 4.28. The molecular weight excluding hydrogens is 474 g/mol. The number of amides is 1. The Morgan fingerprint density at radius 3 is 2.37 bits per heavy atom. The lowest BCUT2D eigenvalue weighted by Gasteiger charge is -2.31. The first-order valence-corrected chi connectivity index (χ1v) is 12.7. The first-order valence-electron chi connectivity index (χ1n) is 11.3. The van der Waals surface area contributed by atoms with Crippen LogP contribution in [0.15, 0.2) is 53.4 Å². The summed E-state index contributed by atoms with van der Waals surface area (Å²) in [7, 11) is -1.42. The number of esters is 1. The molecule has 35 heavy (non-hydrogen) atoms. The molecule has 0 aromatic heterocycles. The topological polar surface area (TPSA) is 106 Å². The number of carbonyl (C=O) groups excluding carboxylic acids is 2. The van der Waals surface area contributed by atoms with Crippen molar-refractivity contribution in [1.82, 2.24) is 9.21 Å². The molecule has 10 nitrogen and oxygen atoms in total. The number of morpholine rings is 1. The lowest BCUT2D eigenvalue weighted by atomic mass is 10.1. The van der Waals surface area contributed by atoms with Crippen LogP contribution < -0.4 is 9.64 Å². The van der Waals surface area contributed by atoms with Gasteiger partial charge in [0.25, 0.3) is 0 Å². The molecular formula is C24H29N3O7S. The van der Waals surface area contributed by atoms with Gasteiger partial charge in [0.1, 0.15) is 11.8 Å². The molecule has 0 radical (unpaired) electrons. The molecule has 0 N–H and O–H groups in total. The Kier molecular flexibility index (Phi) is 7.70. The molecule has 11 heteroatoms. The summed E-state index contributed by atoms with van der Waals surface area (Å²) in [6.45, 7) is 2.22. The molecule has 2 aromatic carbocycles. The van der Waals surface area contributed by atoms with Crippen LogP contribution in [0.25, 0.3) is 0 Å². The highest BCUT2D eigenvalue weighted by atomic mass is 32.2. The normalized spacial score (nSPS) is 19.5. The molecule has 2 aliphatic heterocycles. The van der Waals surface area contributed by atoms with Crippen molar-refractivity contribution in [3.63, 3.8) is 0 Å². The number of ether oxygens (including phenoxy) is 3. The highest BCUT2D eigenvalue weighted by Gasteiger charge is 2.42. The SMILES string of the molecule is COC(=O)C1CN(C(=O)CN2CCOCC2)c2ccccc2CN1S(=O)(=O)c1ccc(OC)cc1. The monoisotopic (exact) mass is 503 g/mol. The molecule has 2 heterocycles. The van der Waals surface area contributed by atoms with Crippen molar-refractivity contribution in [2.45, 2.75) is 17.5 Å². The number of rotatable bonds is 6. The van der Waals surface area contributed by atoms with Gasteiger partial charge in [-0.3, -0.25) is 14.5 Å². The van der Waals surface area contributed by atoms with Crippen molar-refractivity contribution in [2.75, 3.05) is 58.5 Å². The number of anilines is 1. The van der Waals surface area contributed by atoms with Gasteiger partial charge >= 0.3 is 5.97 Å². The van der Waals surface area contributed by atoms with E-state index in [4.69, 9.17) is 14.2 Å². The van der Waals surface area contributed by atoms with E-state index in [9.17, 15) is 18.0 Å². The second-order valence-corrected chi connectivity index (χ2v) is 10.2. The van der Waals surface area contributed by atoms with E-state index in [1.54, 1.807) is 36.4 Å². The third-order valence-electron chi connectivity index (χ3n) is 6.21. The van der Waals surface area contributed by atoms with Crippen molar-refractivity contribution in [3.05, 3.63) is 54.1 Å². The second kappa shape index (κ2) is 10.7. The van der Waals surface area contributed by atoms with Crippen LogP contribution in [-0.4, -0.2) is 89.2 Å². The van der Waals surface area contributed by atoms with Crippen LogP contribution in [-0.2, 0) is 35.6 Å². The maximum Gasteiger partial charge on any atom is 0.326 e. The Morgan fingerprint density at radius 1 is 1.03 bits per heavy atom. The van der Waals surface area contributed by atoms with E-state index in [1.807, 2.05) is 4.90 Å². The molecule has 1 saturated heterocycles. The Bertz CT molecular complexity index is 1160. The fourth-order valence-corrected chi connectivity index (χ4v) is 5.83. The van der Waals surface area contributed by atoms with E-state index < -0.39 is 22.0 Å². The standard InChI is InChI=1S/C24H29N3O7S/c1-32-19-7-9-20(10-8-19)35(30,31)27-15-18-5-3-4-6-21(18)26(16-22(27)24(29)33-2)23(28)17-25-11-13-34-14-12-25/h3-10,22H,11-17H2,1-2H3. The van der Waals surface area contributed by atoms with Gasteiger partial charge in [-0.25, -0.2) is 8.42 Å². The quantitative estimate of drug-likeness (QED) is 0.540. The number of sulfonamides is 1. The van der Waals surface area contributed by atoms with Crippen molar-refractivity contribution in [2.24, 2.45) is 0 Å². The molecule has 4 rings (SSSR count). The molecule has 1 unspecified atom stereocenters. The van der Waals surface area contributed by atoms with E-state index in [1.165, 1.54) is 31.3 Å². The summed E-state index contributed by atoms with van der Waals surface area (Å²) in [5.41, 5.74) is 1.19. The van der Waals surface area contributed by atoms with Crippen LogP contribution in [0.1, 0.15) is 5.56 Å². The Hall–Kier alpha value is -2.99. The zero-order chi connectivity index (χ0) is 25.0. The molecule has 0 saturated carbocycles. The lowest BCUT2D eigenvalue weighted by Crippen LogP contribution is -2.52. The van der Waals surface area contributed by atoms with E-state index in [2.05, 4.69) is 0 Å². The highest BCUT2D eigenvalue weighted by molar-refractivity contribution is 7.89. The van der Waals surface area contributed by atoms with Crippen molar-refractivity contribution in [3.8, 4) is 5.75 Å². The summed E-state index contributed by atoms with van der Waals surface area (Å²) in [5, 5.41) is 0. The summed E-state index contributed by atoms with van der Waals surface area (Å²) >= 11 is 0. The van der Waals surface area contributed by atoms with Crippen LogP contribution >= 0.6 is 0 Å². The van der Waals surface area contributed by atoms with Crippen molar-refractivity contribution in [1.29, 1.82) is 0 Å². The number of carbonyl (C=O) groups is 2. The minimum atomic E-state index is -4.12. The van der Waals surface area contributed by atoms with Gasteiger partial charge in [-0.05, 0) is 35.9 Å². The Morgan fingerprint density at radius 2 is 1.71 bits per heavy atom. The van der Waals surface area contributed by atoms with Gasteiger partial charge in [-0.1, -0.05) is 18.2 Å². The second-order valence-electron chi connectivity index (χ2n) is 8.29. The van der Waals surface area contributed by atoms with Gasteiger partial charge in [-0.2, -0.15) is 4.31 Å². The highest BCUT2D eigenvalue weighted by Crippen LogP contribution is 2.32. The predicted molar refractivity (Wildman–Crippen MR) is 128 cm³/mol. The largest absolute Gasteiger partial charge is 0.497 e. The predicted octanol–water partition coefficient (Wildman–Crippen LogP) is 1.11. The molecule has 2 aromatic rings. The summed E-state index contributed by atoms with van der Waals surface area (Å²) in [6.07, 6.45) is 0. The third kappa shape index (κ3) is 5.32. The zero-order valence-corrected chi connectivity index (χ0v) is 20.6. The fraction of sp³-hybridized carbons (Fsp3) is 0.417. The van der Waals surface area contributed by atoms with Crippen molar-refractivity contribution >= 4 is 27.6 Å². The van der Waals surface area contributed by atoms with Crippen LogP contribution in [0.2, 0.25) is 0 Å². The van der Waals surface area contributed by atoms with Gasteiger partial charge in [0.15, 0.2) is 0 Å².